The van der Waals surface area contributed by atoms with Crippen LogP contribution in [0.2, 0.25) is 0 Å². The van der Waals surface area contributed by atoms with Gasteiger partial charge in [-0.2, -0.15) is 0 Å². The maximum atomic E-state index is 13.6. The van der Waals surface area contributed by atoms with Crippen LogP contribution < -0.4 is 9.47 Å². The summed E-state index contributed by atoms with van der Waals surface area (Å²) >= 11 is 0. The number of carbonyl (C=O) groups is 1. The minimum atomic E-state index is -0.206. The lowest BCUT2D eigenvalue weighted by atomic mass is 9.87. The number of aromatic nitrogens is 1. The minimum absolute atomic E-state index is 0.00529. The third-order valence-electron chi connectivity index (χ3n) is 5.71. The molecule has 1 amide bonds. The first-order valence-corrected chi connectivity index (χ1v) is 10.1. The van der Waals surface area contributed by atoms with Gasteiger partial charge in [0, 0.05) is 12.2 Å². The molecule has 0 aliphatic carbocycles. The van der Waals surface area contributed by atoms with E-state index in [9.17, 15) is 4.79 Å². The number of methoxy groups -OCH3 is 2. The zero-order valence-corrected chi connectivity index (χ0v) is 17.8. The van der Waals surface area contributed by atoms with Gasteiger partial charge in [0.05, 0.1) is 31.5 Å². The molecule has 0 fully saturated rings. The number of nitrogens with zero attached hydrogens (tertiary/aromatic N) is 2. The maximum Gasteiger partial charge on any atom is 0.256 e. The Morgan fingerprint density at radius 3 is 2.37 bits per heavy atom. The zero-order valence-electron chi connectivity index (χ0n) is 17.8. The van der Waals surface area contributed by atoms with E-state index in [4.69, 9.17) is 9.47 Å². The van der Waals surface area contributed by atoms with Crippen LogP contribution in [0.15, 0.2) is 54.6 Å². The normalized spacial score (nSPS) is 15.5. The van der Waals surface area contributed by atoms with Gasteiger partial charge in [-0.15, -0.1) is 0 Å². The monoisotopic (exact) mass is 402 g/mol. The highest BCUT2D eigenvalue weighted by molar-refractivity contribution is 5.96. The second-order valence-corrected chi connectivity index (χ2v) is 7.55. The smallest absolute Gasteiger partial charge is 0.256 e. The Hall–Kier alpha value is -3.34. The van der Waals surface area contributed by atoms with Gasteiger partial charge in [-0.25, -0.2) is 0 Å². The van der Waals surface area contributed by atoms with E-state index in [1.54, 1.807) is 14.2 Å². The molecule has 154 valence electrons. The lowest BCUT2D eigenvalue weighted by Crippen LogP contribution is -2.41. The van der Waals surface area contributed by atoms with Gasteiger partial charge in [0.2, 0.25) is 0 Å². The molecule has 0 spiro atoms. The van der Waals surface area contributed by atoms with Crippen molar-refractivity contribution in [2.75, 3.05) is 20.8 Å². The first-order chi connectivity index (χ1) is 14.5. The van der Waals surface area contributed by atoms with E-state index in [0.717, 1.165) is 28.9 Å². The first-order valence-electron chi connectivity index (χ1n) is 10.1. The van der Waals surface area contributed by atoms with Crippen molar-refractivity contribution in [2.24, 2.45) is 0 Å². The van der Waals surface area contributed by atoms with E-state index in [1.807, 2.05) is 61.2 Å². The van der Waals surface area contributed by atoms with Crippen LogP contribution in [0.1, 0.15) is 44.5 Å². The maximum absolute atomic E-state index is 13.6. The van der Waals surface area contributed by atoms with Gasteiger partial charge < -0.3 is 14.4 Å². The average Bonchev–Trinajstić information content (AvgIpc) is 2.77. The molecule has 0 bridgehead atoms. The molecule has 2 heterocycles. The van der Waals surface area contributed by atoms with Gasteiger partial charge in [0.25, 0.3) is 5.91 Å². The van der Waals surface area contributed by atoms with Crippen molar-refractivity contribution < 1.29 is 14.3 Å². The number of fused-ring (bicyclic) bond motifs is 1. The minimum Gasteiger partial charge on any atom is -0.493 e. The van der Waals surface area contributed by atoms with Crippen molar-refractivity contribution in [3.05, 3.63) is 88.2 Å². The fourth-order valence-corrected chi connectivity index (χ4v) is 4.23. The number of aryl methyl sites for hydroxylation is 2. The predicted octanol–water partition coefficient (Wildman–Crippen LogP) is 4.50. The molecule has 1 aliphatic rings. The van der Waals surface area contributed by atoms with Gasteiger partial charge in [-0.1, -0.05) is 30.3 Å². The highest BCUT2D eigenvalue weighted by Crippen LogP contribution is 2.41. The molecule has 0 radical (unpaired) electrons. The van der Waals surface area contributed by atoms with Crippen LogP contribution in [0.25, 0.3) is 0 Å². The molecule has 1 aliphatic heterocycles. The van der Waals surface area contributed by atoms with Crippen LogP contribution in [0.3, 0.4) is 0 Å². The number of benzene rings is 2. The number of hydrogen-bond acceptors (Lipinski definition) is 4. The topological polar surface area (TPSA) is 51.7 Å². The first kappa shape index (κ1) is 20.0. The molecule has 5 heteroatoms. The number of pyridine rings is 1. The van der Waals surface area contributed by atoms with Crippen molar-refractivity contribution in [3.8, 4) is 11.5 Å². The zero-order chi connectivity index (χ0) is 21.3. The van der Waals surface area contributed by atoms with Crippen molar-refractivity contribution in [1.82, 2.24) is 9.88 Å². The molecule has 30 heavy (non-hydrogen) atoms. The molecular formula is C25H26N2O3. The van der Waals surface area contributed by atoms with E-state index in [0.29, 0.717) is 23.6 Å². The fraction of sp³-hybridized carbons (Fsp3) is 0.280. The second-order valence-electron chi connectivity index (χ2n) is 7.55. The number of carbonyl (C=O) groups excluding carboxylic acids is 1. The summed E-state index contributed by atoms with van der Waals surface area (Å²) in [6.07, 6.45) is 0.753. The van der Waals surface area contributed by atoms with Crippen molar-refractivity contribution in [1.29, 1.82) is 0 Å². The standard InChI is InChI=1S/C25H26N2O3/c1-16-10-11-20(17(2)26-16)25(28)27-13-12-19-14-22(29-3)23(30-4)15-21(19)24(27)18-8-6-5-7-9-18/h5-11,14-15,24H,12-13H2,1-4H3. The summed E-state index contributed by atoms with van der Waals surface area (Å²) in [5, 5.41) is 0. The third-order valence-corrected chi connectivity index (χ3v) is 5.71. The molecular weight excluding hydrogens is 376 g/mol. The quantitative estimate of drug-likeness (QED) is 0.645. The highest BCUT2D eigenvalue weighted by atomic mass is 16.5. The van der Waals surface area contributed by atoms with Gasteiger partial charge in [0.15, 0.2) is 11.5 Å². The summed E-state index contributed by atoms with van der Waals surface area (Å²) in [4.78, 5) is 20.1. The molecule has 0 N–H and O–H groups in total. The summed E-state index contributed by atoms with van der Waals surface area (Å²) < 4.78 is 11.1. The van der Waals surface area contributed by atoms with Gasteiger partial charge in [-0.3, -0.25) is 9.78 Å². The lowest BCUT2D eigenvalue weighted by Gasteiger charge is -2.38. The Morgan fingerprint density at radius 1 is 1.00 bits per heavy atom. The summed E-state index contributed by atoms with van der Waals surface area (Å²) in [6, 6.07) is 17.7. The predicted molar refractivity (Wildman–Crippen MR) is 116 cm³/mol. The van der Waals surface area contributed by atoms with Gasteiger partial charge in [0.1, 0.15) is 0 Å². The second kappa shape index (κ2) is 8.19. The van der Waals surface area contributed by atoms with Gasteiger partial charge in [-0.05, 0) is 61.2 Å². The van der Waals surface area contributed by atoms with Gasteiger partial charge >= 0.3 is 0 Å². The van der Waals surface area contributed by atoms with Crippen LogP contribution in [0.4, 0.5) is 0 Å². The summed E-state index contributed by atoms with van der Waals surface area (Å²) in [5.41, 5.74) is 5.61. The summed E-state index contributed by atoms with van der Waals surface area (Å²) in [6.45, 7) is 4.45. The van der Waals surface area contributed by atoms with E-state index in [2.05, 4.69) is 17.1 Å². The van der Waals surface area contributed by atoms with Crippen molar-refractivity contribution in [2.45, 2.75) is 26.3 Å². The fourth-order valence-electron chi connectivity index (χ4n) is 4.23. The average molecular weight is 402 g/mol. The van der Waals surface area contributed by atoms with Crippen LogP contribution in [-0.2, 0) is 6.42 Å². The molecule has 1 aromatic heterocycles. The highest BCUT2D eigenvalue weighted by Gasteiger charge is 2.34. The largest absolute Gasteiger partial charge is 0.493 e. The van der Waals surface area contributed by atoms with Crippen LogP contribution in [-0.4, -0.2) is 36.6 Å². The number of ether oxygens (including phenoxy) is 2. The van der Waals surface area contributed by atoms with E-state index >= 15 is 0 Å². The molecule has 0 saturated carbocycles. The molecule has 2 aromatic carbocycles. The third kappa shape index (κ3) is 3.52. The SMILES string of the molecule is COc1cc2c(cc1OC)C(c1ccccc1)N(C(=O)c1ccc(C)nc1C)CC2. The Labute approximate surface area is 177 Å². The van der Waals surface area contributed by atoms with Crippen molar-refractivity contribution in [3.63, 3.8) is 0 Å². The van der Waals surface area contributed by atoms with Crippen LogP contribution >= 0.6 is 0 Å². The number of rotatable bonds is 4. The Morgan fingerprint density at radius 2 is 1.70 bits per heavy atom. The Bertz CT molecular complexity index is 1080. The Balaban J connectivity index is 1.85. The number of hydrogen-bond donors (Lipinski definition) is 0. The molecule has 1 atom stereocenters. The van der Waals surface area contributed by atoms with E-state index < -0.39 is 0 Å². The molecule has 3 aromatic rings. The van der Waals surface area contributed by atoms with Crippen LogP contribution in [0, 0.1) is 13.8 Å². The Kier molecular flexibility index (Phi) is 5.44. The van der Waals surface area contributed by atoms with Crippen molar-refractivity contribution >= 4 is 5.91 Å². The summed E-state index contributed by atoms with van der Waals surface area (Å²) in [7, 11) is 3.28. The molecule has 0 saturated heterocycles. The summed E-state index contributed by atoms with van der Waals surface area (Å²) in [5.74, 6) is 1.37. The molecule has 1 unspecified atom stereocenters. The van der Waals surface area contributed by atoms with E-state index in [-0.39, 0.29) is 11.9 Å². The lowest BCUT2D eigenvalue weighted by molar-refractivity contribution is 0.0693. The number of amides is 1. The van der Waals surface area contributed by atoms with Crippen LogP contribution in [0.5, 0.6) is 11.5 Å². The molecule has 5 nitrogen and oxygen atoms in total. The molecule has 4 rings (SSSR count). The van der Waals surface area contributed by atoms with E-state index in [1.165, 1.54) is 5.56 Å².